The molecule has 0 aliphatic carbocycles. The second-order valence-corrected chi connectivity index (χ2v) is 10.7. The Kier molecular flexibility index (Phi) is 10.4. The first kappa shape index (κ1) is 31.6. The van der Waals surface area contributed by atoms with Crippen molar-refractivity contribution in [3.63, 3.8) is 0 Å². The van der Waals surface area contributed by atoms with Gasteiger partial charge in [0.1, 0.15) is 11.6 Å². The summed E-state index contributed by atoms with van der Waals surface area (Å²) in [6.45, 7) is 5.72. The van der Waals surface area contributed by atoms with Crippen molar-refractivity contribution < 1.29 is 32.6 Å². The van der Waals surface area contributed by atoms with Gasteiger partial charge in [0.2, 0.25) is 5.91 Å². The number of rotatable bonds is 11. The average molecular weight is 620 g/mol. The standard InChI is InChI=1S/C33H35F2N5O5/c1-39-13-15-40(16-14-39)12-5-17-44-31-21-27-24(20-30(31)43-2)28(10-11-36-27)45-29-9-8-23(19-26(29)35)37-33(42)38-32(41)18-22-6-3-4-7-25(22)34/h3-4,6-11,19-21H,5,12-18H2,1-2H3,(H2,37,38,41,42). The number of carbonyl (C=O) groups excluding carboxylic acids is 2. The van der Waals surface area contributed by atoms with Crippen molar-refractivity contribution in [1.82, 2.24) is 20.1 Å². The van der Waals surface area contributed by atoms with Crippen LogP contribution in [0.2, 0.25) is 0 Å². The van der Waals surface area contributed by atoms with Crippen LogP contribution in [0, 0.1) is 11.6 Å². The van der Waals surface area contributed by atoms with Crippen molar-refractivity contribution in [1.29, 1.82) is 0 Å². The molecule has 2 N–H and O–H groups in total. The number of hydrogen-bond donors (Lipinski definition) is 2. The van der Waals surface area contributed by atoms with Crippen LogP contribution >= 0.6 is 0 Å². The van der Waals surface area contributed by atoms with Gasteiger partial charge in [-0.15, -0.1) is 0 Å². The fraction of sp³-hybridized carbons (Fsp3) is 0.303. The Labute approximate surface area is 259 Å². The summed E-state index contributed by atoms with van der Waals surface area (Å²) < 4.78 is 46.3. The number of halogens is 2. The van der Waals surface area contributed by atoms with Crippen LogP contribution in [0.1, 0.15) is 12.0 Å². The van der Waals surface area contributed by atoms with Crippen molar-refractivity contribution >= 4 is 28.5 Å². The number of likely N-dealkylation sites (N-methyl/N-ethyl adjacent to an activating group) is 1. The maximum absolute atomic E-state index is 15.0. The lowest BCUT2D eigenvalue weighted by Gasteiger charge is -2.32. The highest BCUT2D eigenvalue weighted by Crippen LogP contribution is 2.38. The van der Waals surface area contributed by atoms with Crippen LogP contribution in [0.5, 0.6) is 23.0 Å². The number of benzene rings is 3. The molecule has 236 valence electrons. The molecule has 0 saturated carbocycles. The Balaban J connectivity index is 1.19. The van der Waals surface area contributed by atoms with Crippen LogP contribution in [0.3, 0.4) is 0 Å². The number of urea groups is 1. The lowest BCUT2D eigenvalue weighted by Crippen LogP contribution is -2.44. The molecule has 3 aromatic carbocycles. The Hall–Kier alpha value is -4.81. The number of pyridine rings is 1. The Morgan fingerprint density at radius 2 is 1.71 bits per heavy atom. The molecule has 1 aliphatic heterocycles. The molecule has 1 saturated heterocycles. The number of methoxy groups -OCH3 is 1. The molecular weight excluding hydrogens is 584 g/mol. The quantitative estimate of drug-likeness (QED) is 0.220. The molecule has 0 bridgehead atoms. The molecule has 0 atom stereocenters. The van der Waals surface area contributed by atoms with E-state index in [9.17, 15) is 14.0 Å². The fourth-order valence-corrected chi connectivity index (χ4v) is 4.96. The van der Waals surface area contributed by atoms with Crippen molar-refractivity contribution in [2.45, 2.75) is 12.8 Å². The minimum atomic E-state index is -0.881. The number of imide groups is 1. The summed E-state index contributed by atoms with van der Waals surface area (Å²) in [5.41, 5.74) is 0.821. The van der Waals surface area contributed by atoms with Crippen LogP contribution in [0.15, 0.2) is 66.9 Å². The number of carbonyl (C=O) groups is 2. The minimum absolute atomic E-state index is 0.0895. The van der Waals surface area contributed by atoms with Gasteiger partial charge in [0.15, 0.2) is 23.1 Å². The predicted octanol–water partition coefficient (Wildman–Crippen LogP) is 5.22. The van der Waals surface area contributed by atoms with E-state index in [1.54, 1.807) is 37.6 Å². The van der Waals surface area contributed by atoms with E-state index in [1.807, 2.05) is 0 Å². The van der Waals surface area contributed by atoms with Gasteiger partial charge in [-0.25, -0.2) is 13.6 Å². The number of fused-ring (bicyclic) bond motifs is 1. The topological polar surface area (TPSA) is 105 Å². The Morgan fingerprint density at radius 3 is 2.47 bits per heavy atom. The Bertz CT molecular complexity index is 1660. The number of anilines is 1. The molecule has 4 aromatic rings. The highest BCUT2D eigenvalue weighted by atomic mass is 19.1. The first-order valence-electron chi connectivity index (χ1n) is 14.6. The van der Waals surface area contributed by atoms with E-state index in [0.29, 0.717) is 34.8 Å². The van der Waals surface area contributed by atoms with Crippen LogP contribution in [0.25, 0.3) is 10.9 Å². The number of ether oxygens (including phenoxy) is 3. The van der Waals surface area contributed by atoms with Gasteiger partial charge in [-0.1, -0.05) is 18.2 Å². The van der Waals surface area contributed by atoms with Crippen LogP contribution < -0.4 is 24.8 Å². The van der Waals surface area contributed by atoms with Gasteiger partial charge >= 0.3 is 6.03 Å². The maximum Gasteiger partial charge on any atom is 0.325 e. The summed E-state index contributed by atoms with van der Waals surface area (Å²) in [7, 11) is 3.68. The van der Waals surface area contributed by atoms with Crippen molar-refractivity contribution in [2.24, 2.45) is 0 Å². The smallest absolute Gasteiger partial charge is 0.325 e. The van der Waals surface area contributed by atoms with Gasteiger partial charge in [-0.05, 0) is 49.4 Å². The summed E-state index contributed by atoms with van der Waals surface area (Å²) in [6, 6.07) is 13.9. The largest absolute Gasteiger partial charge is 0.493 e. The molecule has 1 aromatic heterocycles. The lowest BCUT2D eigenvalue weighted by molar-refractivity contribution is -0.119. The van der Waals surface area contributed by atoms with Gasteiger partial charge < -0.3 is 29.3 Å². The van der Waals surface area contributed by atoms with E-state index in [-0.39, 0.29) is 23.4 Å². The van der Waals surface area contributed by atoms with E-state index in [1.165, 1.54) is 30.3 Å². The number of piperazine rings is 1. The normalized spacial score (nSPS) is 13.8. The first-order valence-corrected chi connectivity index (χ1v) is 14.6. The zero-order valence-electron chi connectivity index (χ0n) is 25.1. The first-order chi connectivity index (χ1) is 21.8. The Morgan fingerprint density at radius 1 is 0.911 bits per heavy atom. The monoisotopic (exact) mass is 619 g/mol. The van der Waals surface area contributed by atoms with Gasteiger partial charge in [-0.3, -0.25) is 15.1 Å². The van der Waals surface area contributed by atoms with Gasteiger partial charge in [0, 0.05) is 62.1 Å². The molecule has 10 nitrogen and oxygen atoms in total. The molecule has 5 rings (SSSR count). The second kappa shape index (κ2) is 14.8. The predicted molar refractivity (Wildman–Crippen MR) is 166 cm³/mol. The van der Waals surface area contributed by atoms with Crippen LogP contribution in [-0.4, -0.2) is 80.2 Å². The van der Waals surface area contributed by atoms with Gasteiger partial charge in [0.05, 0.1) is 25.7 Å². The van der Waals surface area contributed by atoms with E-state index >= 15 is 4.39 Å². The number of aromatic nitrogens is 1. The molecule has 1 fully saturated rings. The fourth-order valence-electron chi connectivity index (χ4n) is 4.96. The molecule has 12 heteroatoms. The van der Waals surface area contributed by atoms with Gasteiger partial charge in [-0.2, -0.15) is 0 Å². The third-order valence-electron chi connectivity index (χ3n) is 7.43. The zero-order valence-corrected chi connectivity index (χ0v) is 25.1. The zero-order chi connectivity index (χ0) is 31.8. The second-order valence-electron chi connectivity index (χ2n) is 10.7. The maximum atomic E-state index is 15.0. The number of hydrogen-bond acceptors (Lipinski definition) is 8. The average Bonchev–Trinajstić information content (AvgIpc) is 3.02. The highest BCUT2D eigenvalue weighted by molar-refractivity contribution is 6.01. The van der Waals surface area contributed by atoms with E-state index < -0.39 is 23.6 Å². The molecule has 1 aliphatic rings. The third kappa shape index (κ3) is 8.43. The van der Waals surface area contributed by atoms with Crippen LogP contribution in [-0.2, 0) is 11.2 Å². The van der Waals surface area contributed by atoms with Crippen molar-refractivity contribution in [2.75, 3.05) is 58.8 Å². The number of amides is 3. The molecule has 45 heavy (non-hydrogen) atoms. The number of nitrogens with zero attached hydrogens (tertiary/aromatic N) is 3. The molecule has 2 heterocycles. The summed E-state index contributed by atoms with van der Waals surface area (Å²) in [5.74, 6) is -0.703. The minimum Gasteiger partial charge on any atom is -0.493 e. The third-order valence-corrected chi connectivity index (χ3v) is 7.43. The van der Waals surface area contributed by atoms with Crippen molar-refractivity contribution in [3.05, 3.63) is 84.1 Å². The van der Waals surface area contributed by atoms with E-state index in [4.69, 9.17) is 14.2 Å². The molecule has 0 radical (unpaired) electrons. The number of nitrogens with one attached hydrogen (secondary N) is 2. The van der Waals surface area contributed by atoms with Crippen molar-refractivity contribution in [3.8, 4) is 23.0 Å². The summed E-state index contributed by atoms with van der Waals surface area (Å²) in [5, 5.41) is 5.09. The van der Waals surface area contributed by atoms with E-state index in [2.05, 4.69) is 32.5 Å². The molecule has 0 spiro atoms. The van der Waals surface area contributed by atoms with Gasteiger partial charge in [0.25, 0.3) is 0 Å². The highest BCUT2D eigenvalue weighted by Gasteiger charge is 2.17. The summed E-state index contributed by atoms with van der Waals surface area (Å²) in [6.07, 6.45) is 2.10. The molecule has 3 amide bonds. The lowest BCUT2D eigenvalue weighted by atomic mass is 10.1. The SMILES string of the molecule is COc1cc2c(Oc3ccc(NC(=O)NC(=O)Cc4ccccc4F)cc3F)ccnc2cc1OCCCN1CCN(C)CC1. The summed E-state index contributed by atoms with van der Waals surface area (Å²) >= 11 is 0. The molecular formula is C33H35F2N5O5. The summed E-state index contributed by atoms with van der Waals surface area (Å²) in [4.78, 5) is 33.6. The molecule has 0 unspecified atom stereocenters. The van der Waals surface area contributed by atoms with Crippen LogP contribution in [0.4, 0.5) is 19.3 Å². The van der Waals surface area contributed by atoms with E-state index in [0.717, 1.165) is 45.2 Å².